The Hall–Kier alpha value is -2.85. The highest BCUT2D eigenvalue weighted by molar-refractivity contribution is 7.98. The molecule has 0 aliphatic heterocycles. The quantitative estimate of drug-likeness (QED) is 0.314. The second-order valence-corrected chi connectivity index (χ2v) is 10.1. The topological polar surface area (TPSA) is 112 Å². The number of H-pyrrole nitrogens is 1. The number of rotatable bonds is 7. The third kappa shape index (κ3) is 4.00. The van der Waals surface area contributed by atoms with E-state index < -0.39 is 0 Å². The summed E-state index contributed by atoms with van der Waals surface area (Å²) in [6.07, 6.45) is 3.13. The molecule has 0 amide bonds. The Morgan fingerprint density at radius 2 is 2.06 bits per heavy atom. The Labute approximate surface area is 193 Å². The number of nitrogens with one attached hydrogen (secondary N) is 1. The molecule has 1 aliphatic carbocycles. The van der Waals surface area contributed by atoms with Crippen LogP contribution in [0.5, 0.6) is 5.75 Å². The largest absolute Gasteiger partial charge is 0.486 e. The van der Waals surface area contributed by atoms with E-state index in [2.05, 4.69) is 46.1 Å². The van der Waals surface area contributed by atoms with E-state index in [1.807, 2.05) is 12.1 Å². The van der Waals surface area contributed by atoms with Crippen LogP contribution in [0.2, 0.25) is 0 Å². The van der Waals surface area contributed by atoms with Crippen molar-refractivity contribution >= 4 is 33.3 Å². The van der Waals surface area contributed by atoms with Gasteiger partial charge in [-0.2, -0.15) is 0 Å². The zero-order valence-corrected chi connectivity index (χ0v) is 19.6. The van der Waals surface area contributed by atoms with Gasteiger partial charge in [-0.1, -0.05) is 37.7 Å². The van der Waals surface area contributed by atoms with Crippen molar-refractivity contribution < 1.29 is 4.74 Å². The molecule has 0 atom stereocenters. The normalized spacial score (nSPS) is 13.2. The van der Waals surface area contributed by atoms with Gasteiger partial charge in [0.1, 0.15) is 23.0 Å². The molecule has 8 nitrogen and oxygen atoms in total. The number of benzene rings is 1. The maximum atomic E-state index is 12.6. The minimum absolute atomic E-state index is 0.0585. The van der Waals surface area contributed by atoms with Gasteiger partial charge in [0.25, 0.3) is 5.56 Å². The summed E-state index contributed by atoms with van der Waals surface area (Å²) in [5.41, 5.74) is 2.38. The van der Waals surface area contributed by atoms with E-state index in [9.17, 15) is 4.79 Å². The Kier molecular flexibility index (Phi) is 5.64. The number of nitrogen functional groups attached to an aromatic ring is 1. The maximum Gasteiger partial charge on any atom is 0.259 e. The van der Waals surface area contributed by atoms with Crippen molar-refractivity contribution in [3.63, 3.8) is 0 Å². The summed E-state index contributed by atoms with van der Waals surface area (Å²) in [5.74, 6) is 8.97. The number of aromatic amines is 1. The van der Waals surface area contributed by atoms with Gasteiger partial charge < -0.3 is 15.6 Å². The van der Waals surface area contributed by atoms with Crippen molar-refractivity contribution in [1.29, 1.82) is 0 Å². The summed E-state index contributed by atoms with van der Waals surface area (Å²) in [7, 11) is 0. The molecule has 3 heterocycles. The minimum Gasteiger partial charge on any atom is -0.486 e. The van der Waals surface area contributed by atoms with Crippen LogP contribution in [0.25, 0.3) is 10.2 Å². The van der Waals surface area contributed by atoms with E-state index in [4.69, 9.17) is 10.6 Å². The molecule has 5 rings (SSSR count). The summed E-state index contributed by atoms with van der Waals surface area (Å²) in [5, 5.41) is 9.60. The standard InChI is InChI=1S/C22H24N6O2S2/c1-12(2)13-6-8-14(9-7-13)30-10-18-26-27-22(28(18)23)31-11-17-24-20(29)19-15-4-3-5-16(15)32-21(19)25-17/h6-9,12H,3-5,10-11,23H2,1-2H3,(H,24,25,29). The molecule has 4 aromatic rings. The molecule has 10 heteroatoms. The van der Waals surface area contributed by atoms with Crippen molar-refractivity contribution in [2.75, 3.05) is 5.84 Å². The number of ether oxygens (including phenoxy) is 1. The summed E-state index contributed by atoms with van der Waals surface area (Å²) < 4.78 is 7.23. The monoisotopic (exact) mass is 468 g/mol. The third-order valence-corrected chi connectivity index (χ3v) is 7.75. The molecule has 166 valence electrons. The molecule has 0 saturated carbocycles. The fourth-order valence-electron chi connectivity index (χ4n) is 3.85. The molecule has 0 spiro atoms. The first kappa shape index (κ1) is 21.0. The lowest BCUT2D eigenvalue weighted by molar-refractivity contribution is 0.291. The molecule has 0 radical (unpaired) electrons. The minimum atomic E-state index is -0.0585. The van der Waals surface area contributed by atoms with E-state index in [-0.39, 0.29) is 12.2 Å². The van der Waals surface area contributed by atoms with E-state index in [0.29, 0.717) is 28.5 Å². The molecule has 3 aromatic heterocycles. The number of hydrogen-bond acceptors (Lipinski definition) is 8. The van der Waals surface area contributed by atoms with Gasteiger partial charge in [0.2, 0.25) is 5.16 Å². The van der Waals surface area contributed by atoms with Crippen LogP contribution < -0.4 is 16.1 Å². The van der Waals surface area contributed by atoms with E-state index in [0.717, 1.165) is 35.2 Å². The first-order valence-electron chi connectivity index (χ1n) is 10.6. The lowest BCUT2D eigenvalue weighted by Crippen LogP contribution is -2.16. The molecular formula is C22H24N6O2S2. The summed E-state index contributed by atoms with van der Waals surface area (Å²) in [4.78, 5) is 22.3. The zero-order chi connectivity index (χ0) is 22.2. The van der Waals surface area contributed by atoms with Gasteiger partial charge in [-0.15, -0.1) is 21.5 Å². The molecular weight excluding hydrogens is 444 g/mol. The Morgan fingerprint density at radius 1 is 1.25 bits per heavy atom. The van der Waals surface area contributed by atoms with E-state index in [1.54, 1.807) is 11.3 Å². The van der Waals surface area contributed by atoms with Crippen LogP contribution in [-0.4, -0.2) is 24.8 Å². The summed E-state index contributed by atoms with van der Waals surface area (Å²) in [6, 6.07) is 8.00. The second-order valence-electron chi connectivity index (χ2n) is 8.12. The van der Waals surface area contributed by atoms with Crippen molar-refractivity contribution in [2.24, 2.45) is 0 Å². The molecule has 3 N–H and O–H groups in total. The summed E-state index contributed by atoms with van der Waals surface area (Å²) in [6.45, 7) is 4.52. The van der Waals surface area contributed by atoms with Gasteiger partial charge in [-0.3, -0.25) is 4.79 Å². The fourth-order valence-corrected chi connectivity index (χ4v) is 5.88. The molecule has 0 bridgehead atoms. The number of hydrogen-bond donors (Lipinski definition) is 2. The highest BCUT2D eigenvalue weighted by atomic mass is 32.2. The number of thioether (sulfide) groups is 1. The van der Waals surface area contributed by atoms with Gasteiger partial charge in [0, 0.05) is 4.88 Å². The van der Waals surface area contributed by atoms with Crippen molar-refractivity contribution in [3.8, 4) is 5.75 Å². The number of aryl methyl sites for hydroxylation is 2. The number of fused-ring (bicyclic) bond motifs is 3. The lowest BCUT2D eigenvalue weighted by Gasteiger charge is -2.09. The zero-order valence-electron chi connectivity index (χ0n) is 17.9. The molecule has 1 aliphatic rings. The van der Waals surface area contributed by atoms with Gasteiger partial charge >= 0.3 is 0 Å². The fraction of sp³-hybridized carbons (Fsp3) is 0.364. The van der Waals surface area contributed by atoms with Crippen molar-refractivity contribution in [1.82, 2.24) is 24.8 Å². The van der Waals surface area contributed by atoms with Crippen molar-refractivity contribution in [2.45, 2.75) is 56.5 Å². The molecule has 0 fully saturated rings. The Balaban J connectivity index is 1.24. The van der Waals surface area contributed by atoms with Crippen LogP contribution in [0.4, 0.5) is 0 Å². The number of aromatic nitrogens is 5. The van der Waals surface area contributed by atoms with Gasteiger partial charge in [-0.25, -0.2) is 9.66 Å². The van der Waals surface area contributed by atoms with Crippen molar-refractivity contribution in [3.05, 3.63) is 62.3 Å². The number of thiophene rings is 1. The van der Waals surface area contributed by atoms with Crippen LogP contribution in [0.1, 0.15) is 53.8 Å². The van der Waals surface area contributed by atoms with E-state index in [1.165, 1.54) is 32.4 Å². The first-order chi connectivity index (χ1) is 15.5. The highest BCUT2D eigenvalue weighted by Crippen LogP contribution is 2.34. The molecule has 1 aromatic carbocycles. The Morgan fingerprint density at radius 3 is 2.84 bits per heavy atom. The molecule has 32 heavy (non-hydrogen) atoms. The van der Waals surface area contributed by atoms with Crippen LogP contribution in [0.3, 0.4) is 0 Å². The molecule has 0 saturated heterocycles. The van der Waals surface area contributed by atoms with Crippen LogP contribution in [0, 0.1) is 0 Å². The van der Waals surface area contributed by atoms with Gasteiger partial charge in [0.15, 0.2) is 5.82 Å². The maximum absolute atomic E-state index is 12.6. The predicted molar refractivity (Wildman–Crippen MR) is 127 cm³/mol. The van der Waals surface area contributed by atoms with E-state index >= 15 is 0 Å². The summed E-state index contributed by atoms with van der Waals surface area (Å²) >= 11 is 3.01. The van der Waals surface area contributed by atoms with Crippen LogP contribution in [-0.2, 0) is 25.2 Å². The molecule has 0 unspecified atom stereocenters. The number of nitrogens with zero attached hydrogens (tertiary/aromatic N) is 4. The van der Waals surface area contributed by atoms with Crippen LogP contribution >= 0.6 is 23.1 Å². The average molecular weight is 469 g/mol. The van der Waals surface area contributed by atoms with Gasteiger partial charge in [-0.05, 0) is 48.4 Å². The number of nitrogens with two attached hydrogens (primary N) is 1. The Bertz CT molecular complexity index is 1320. The lowest BCUT2D eigenvalue weighted by atomic mass is 10.0. The second kappa shape index (κ2) is 8.59. The predicted octanol–water partition coefficient (Wildman–Crippen LogP) is 3.77. The van der Waals surface area contributed by atoms with Crippen LogP contribution in [0.15, 0.2) is 34.2 Å². The SMILES string of the molecule is CC(C)c1ccc(OCc2nnc(SCc3nc4sc5c(c4c(=O)[nH]3)CCC5)n2N)cc1. The third-order valence-electron chi connectivity index (χ3n) is 5.61. The highest BCUT2D eigenvalue weighted by Gasteiger charge is 2.21. The average Bonchev–Trinajstić information content (AvgIpc) is 3.45. The van der Waals surface area contributed by atoms with Gasteiger partial charge in [0.05, 0.1) is 11.1 Å². The first-order valence-corrected chi connectivity index (χ1v) is 12.4. The smallest absolute Gasteiger partial charge is 0.259 e.